The van der Waals surface area contributed by atoms with Gasteiger partial charge in [0.15, 0.2) is 0 Å². The third kappa shape index (κ3) is 5.24. The monoisotopic (exact) mass is 391 g/mol. The molecule has 5 heteroatoms. The van der Waals surface area contributed by atoms with Gasteiger partial charge in [0.25, 0.3) is 0 Å². The molecule has 0 aromatic heterocycles. The van der Waals surface area contributed by atoms with Gasteiger partial charge < -0.3 is 10.2 Å². The molecular formula is C24H29N3O2. The van der Waals surface area contributed by atoms with Crippen molar-refractivity contribution in [1.29, 1.82) is 0 Å². The van der Waals surface area contributed by atoms with Crippen molar-refractivity contribution >= 4 is 23.2 Å². The van der Waals surface area contributed by atoms with Crippen molar-refractivity contribution < 1.29 is 9.59 Å². The van der Waals surface area contributed by atoms with E-state index in [1.54, 1.807) is 0 Å². The SMILES string of the molecule is O=C(CN1CCC(Cc2ccccc2)CC1)Nc1ccc(N2CCCC2=O)cc1. The second-order valence-corrected chi connectivity index (χ2v) is 8.15. The van der Waals surface area contributed by atoms with Gasteiger partial charge in [0, 0.05) is 24.3 Å². The van der Waals surface area contributed by atoms with Crippen LogP contribution >= 0.6 is 0 Å². The number of nitrogens with one attached hydrogen (secondary N) is 1. The third-order valence-electron chi connectivity index (χ3n) is 5.98. The van der Waals surface area contributed by atoms with Crippen LogP contribution < -0.4 is 10.2 Å². The van der Waals surface area contributed by atoms with Gasteiger partial charge in [0.2, 0.25) is 11.8 Å². The number of nitrogens with zero attached hydrogens (tertiary/aromatic N) is 2. The summed E-state index contributed by atoms with van der Waals surface area (Å²) in [5, 5.41) is 2.99. The van der Waals surface area contributed by atoms with Crippen molar-refractivity contribution in [1.82, 2.24) is 4.90 Å². The highest BCUT2D eigenvalue weighted by Crippen LogP contribution is 2.24. The number of likely N-dealkylation sites (tertiary alicyclic amines) is 1. The molecule has 1 N–H and O–H groups in total. The minimum absolute atomic E-state index is 0.0245. The number of amides is 2. The van der Waals surface area contributed by atoms with E-state index >= 15 is 0 Å². The van der Waals surface area contributed by atoms with Crippen LogP contribution in [0.3, 0.4) is 0 Å². The van der Waals surface area contributed by atoms with Crippen LogP contribution in [0.2, 0.25) is 0 Å². The summed E-state index contributed by atoms with van der Waals surface area (Å²) in [6.45, 7) is 3.16. The molecule has 0 aliphatic carbocycles. The zero-order valence-electron chi connectivity index (χ0n) is 16.8. The average molecular weight is 392 g/mol. The minimum atomic E-state index is 0.0245. The molecule has 152 valence electrons. The fourth-order valence-electron chi connectivity index (χ4n) is 4.35. The lowest BCUT2D eigenvalue weighted by molar-refractivity contribution is -0.118. The van der Waals surface area contributed by atoms with Gasteiger partial charge >= 0.3 is 0 Å². The van der Waals surface area contributed by atoms with Gasteiger partial charge in [0.1, 0.15) is 0 Å². The predicted octanol–water partition coefficient (Wildman–Crippen LogP) is 3.71. The molecule has 5 nitrogen and oxygen atoms in total. The summed E-state index contributed by atoms with van der Waals surface area (Å²) in [4.78, 5) is 28.3. The van der Waals surface area contributed by atoms with E-state index in [-0.39, 0.29) is 11.8 Å². The van der Waals surface area contributed by atoms with E-state index in [2.05, 4.69) is 40.5 Å². The maximum Gasteiger partial charge on any atom is 0.238 e. The van der Waals surface area contributed by atoms with Gasteiger partial charge in [-0.2, -0.15) is 0 Å². The summed E-state index contributed by atoms with van der Waals surface area (Å²) >= 11 is 0. The summed E-state index contributed by atoms with van der Waals surface area (Å²) in [5.41, 5.74) is 3.10. The number of rotatable bonds is 6. The first-order valence-corrected chi connectivity index (χ1v) is 10.6. The van der Waals surface area contributed by atoms with Crippen LogP contribution in [-0.4, -0.2) is 42.9 Å². The third-order valence-corrected chi connectivity index (χ3v) is 5.98. The average Bonchev–Trinajstić information content (AvgIpc) is 3.17. The van der Waals surface area contributed by atoms with Crippen molar-refractivity contribution in [2.24, 2.45) is 5.92 Å². The van der Waals surface area contributed by atoms with Gasteiger partial charge in [-0.05, 0) is 74.5 Å². The van der Waals surface area contributed by atoms with E-state index in [9.17, 15) is 9.59 Å². The molecule has 0 unspecified atom stereocenters. The topological polar surface area (TPSA) is 52.7 Å². The van der Waals surface area contributed by atoms with Crippen LogP contribution in [0, 0.1) is 5.92 Å². The normalized spacial score (nSPS) is 18.2. The fourth-order valence-corrected chi connectivity index (χ4v) is 4.35. The zero-order valence-corrected chi connectivity index (χ0v) is 16.8. The van der Waals surface area contributed by atoms with Gasteiger partial charge in [-0.15, -0.1) is 0 Å². The molecule has 0 radical (unpaired) electrons. The van der Waals surface area contributed by atoms with Crippen LogP contribution in [-0.2, 0) is 16.0 Å². The molecule has 0 atom stereocenters. The van der Waals surface area contributed by atoms with E-state index in [0.29, 0.717) is 18.9 Å². The van der Waals surface area contributed by atoms with E-state index in [1.807, 2.05) is 29.2 Å². The molecular weight excluding hydrogens is 362 g/mol. The Morgan fingerprint density at radius 2 is 1.69 bits per heavy atom. The summed E-state index contributed by atoms with van der Waals surface area (Å²) in [5.74, 6) is 0.909. The molecule has 2 saturated heterocycles. The smallest absolute Gasteiger partial charge is 0.238 e. The van der Waals surface area contributed by atoms with Gasteiger partial charge in [0.05, 0.1) is 6.54 Å². The summed E-state index contributed by atoms with van der Waals surface area (Å²) in [6, 6.07) is 18.2. The lowest BCUT2D eigenvalue weighted by Gasteiger charge is -2.31. The highest BCUT2D eigenvalue weighted by molar-refractivity contribution is 5.96. The van der Waals surface area contributed by atoms with Crippen molar-refractivity contribution in [3.8, 4) is 0 Å². The predicted molar refractivity (Wildman–Crippen MR) is 116 cm³/mol. The van der Waals surface area contributed by atoms with Crippen LogP contribution in [0.15, 0.2) is 54.6 Å². The molecule has 29 heavy (non-hydrogen) atoms. The first-order chi connectivity index (χ1) is 14.2. The Morgan fingerprint density at radius 3 is 2.34 bits per heavy atom. The molecule has 0 saturated carbocycles. The molecule has 2 heterocycles. The zero-order chi connectivity index (χ0) is 20.1. The minimum Gasteiger partial charge on any atom is -0.325 e. The van der Waals surface area contributed by atoms with E-state index < -0.39 is 0 Å². The van der Waals surface area contributed by atoms with Crippen molar-refractivity contribution in [3.63, 3.8) is 0 Å². The molecule has 0 spiro atoms. The molecule has 2 amide bonds. The van der Waals surface area contributed by atoms with Crippen LogP contribution in [0.25, 0.3) is 0 Å². The van der Waals surface area contributed by atoms with E-state index in [1.165, 1.54) is 5.56 Å². The molecule has 0 bridgehead atoms. The Kier molecular flexibility index (Phi) is 6.25. The quantitative estimate of drug-likeness (QED) is 0.817. The number of benzene rings is 2. The number of carbonyl (C=O) groups excluding carboxylic acids is 2. The number of hydrogen-bond acceptors (Lipinski definition) is 3. The first kappa shape index (κ1) is 19.6. The van der Waals surface area contributed by atoms with Gasteiger partial charge in [-0.3, -0.25) is 14.5 Å². The Balaban J connectivity index is 1.21. The van der Waals surface area contributed by atoms with Crippen molar-refractivity contribution in [2.45, 2.75) is 32.1 Å². The van der Waals surface area contributed by atoms with Crippen LogP contribution in [0.1, 0.15) is 31.2 Å². The Bertz CT molecular complexity index is 827. The Hall–Kier alpha value is -2.66. The van der Waals surface area contributed by atoms with Crippen LogP contribution in [0.5, 0.6) is 0 Å². The summed E-state index contributed by atoms with van der Waals surface area (Å²) < 4.78 is 0. The second kappa shape index (κ2) is 9.23. The highest BCUT2D eigenvalue weighted by Gasteiger charge is 2.22. The molecule has 2 fully saturated rings. The lowest BCUT2D eigenvalue weighted by atomic mass is 9.90. The molecule has 2 aromatic rings. The second-order valence-electron chi connectivity index (χ2n) is 8.15. The maximum absolute atomic E-state index is 12.4. The molecule has 2 aromatic carbocycles. The fraction of sp³-hybridized carbons (Fsp3) is 0.417. The summed E-state index contributed by atoms with van der Waals surface area (Å²) in [7, 11) is 0. The number of carbonyl (C=O) groups is 2. The van der Waals surface area contributed by atoms with Gasteiger partial charge in [-0.25, -0.2) is 0 Å². The van der Waals surface area contributed by atoms with Gasteiger partial charge in [-0.1, -0.05) is 30.3 Å². The largest absolute Gasteiger partial charge is 0.325 e. The molecule has 4 rings (SSSR count). The standard InChI is InChI=1S/C24H29N3O2/c28-23(25-21-8-10-22(11-9-21)27-14-4-7-24(27)29)18-26-15-12-20(13-16-26)17-19-5-2-1-3-6-19/h1-3,5-6,8-11,20H,4,7,12-18H2,(H,25,28). The number of hydrogen-bond donors (Lipinski definition) is 1. The maximum atomic E-state index is 12.4. The number of piperidine rings is 1. The Morgan fingerprint density at radius 1 is 0.966 bits per heavy atom. The van der Waals surface area contributed by atoms with Crippen molar-refractivity contribution in [2.75, 3.05) is 36.4 Å². The lowest BCUT2D eigenvalue weighted by Crippen LogP contribution is -2.39. The molecule has 2 aliphatic heterocycles. The first-order valence-electron chi connectivity index (χ1n) is 10.6. The van der Waals surface area contributed by atoms with E-state index in [0.717, 1.165) is 56.7 Å². The van der Waals surface area contributed by atoms with E-state index in [4.69, 9.17) is 0 Å². The van der Waals surface area contributed by atoms with Crippen molar-refractivity contribution in [3.05, 3.63) is 60.2 Å². The number of anilines is 2. The molecule has 2 aliphatic rings. The highest BCUT2D eigenvalue weighted by atomic mass is 16.2. The summed E-state index contributed by atoms with van der Waals surface area (Å²) in [6.07, 6.45) is 4.95. The Labute approximate surface area is 172 Å². The van der Waals surface area contributed by atoms with Crippen LogP contribution in [0.4, 0.5) is 11.4 Å².